The lowest BCUT2D eigenvalue weighted by Gasteiger charge is -2.19. The van der Waals surface area contributed by atoms with Crippen molar-refractivity contribution >= 4 is 12.0 Å². The van der Waals surface area contributed by atoms with E-state index in [9.17, 15) is 9.59 Å². The summed E-state index contributed by atoms with van der Waals surface area (Å²) in [6.07, 6.45) is 0.275. The minimum Gasteiger partial charge on any atom is -0.444 e. The Kier molecular flexibility index (Phi) is 5.76. The quantitative estimate of drug-likeness (QED) is 0.927. The fourth-order valence-corrected chi connectivity index (χ4v) is 1.70. The summed E-state index contributed by atoms with van der Waals surface area (Å²) in [4.78, 5) is 24.8. The maximum absolute atomic E-state index is 11.7. The molecule has 1 aromatic rings. The van der Waals surface area contributed by atoms with Gasteiger partial charge in [-0.25, -0.2) is 4.79 Å². The van der Waals surface area contributed by atoms with Crippen LogP contribution in [0.3, 0.4) is 0 Å². The van der Waals surface area contributed by atoms with Gasteiger partial charge in [0, 0.05) is 26.2 Å². The summed E-state index contributed by atoms with van der Waals surface area (Å²) < 4.78 is 5.15. The van der Waals surface area contributed by atoms with Crippen molar-refractivity contribution in [2.75, 3.05) is 20.6 Å². The van der Waals surface area contributed by atoms with Crippen molar-refractivity contribution in [1.82, 2.24) is 10.2 Å². The lowest BCUT2D eigenvalue weighted by atomic mass is 10.1. The fraction of sp³-hybridized carbons (Fsp3) is 0.500. The number of hydrogen-bond acceptors (Lipinski definition) is 3. The van der Waals surface area contributed by atoms with Gasteiger partial charge in [0.25, 0.3) is 5.91 Å². The molecule has 0 atom stereocenters. The first kappa shape index (κ1) is 17.0. The van der Waals surface area contributed by atoms with Gasteiger partial charge < -0.3 is 15.0 Å². The van der Waals surface area contributed by atoms with Crippen molar-refractivity contribution in [2.45, 2.75) is 32.8 Å². The number of carbonyl (C=O) groups excluding carboxylic acids is 2. The number of amides is 2. The smallest absolute Gasteiger partial charge is 0.407 e. The van der Waals surface area contributed by atoms with E-state index < -0.39 is 11.7 Å². The first-order valence-corrected chi connectivity index (χ1v) is 6.96. The van der Waals surface area contributed by atoms with Gasteiger partial charge >= 0.3 is 6.09 Å². The first-order chi connectivity index (χ1) is 9.69. The molecule has 116 valence electrons. The van der Waals surface area contributed by atoms with Gasteiger partial charge in [0.15, 0.2) is 0 Å². The standard InChI is InChI=1S/C16H24N2O3/c1-16(2,3)21-15(20)17-11-10-12-6-8-13(9-7-12)14(19)18(4)5/h6-9H,10-11H2,1-5H3,(H,17,20). The Hall–Kier alpha value is -2.04. The van der Waals surface area contributed by atoms with Crippen LogP contribution >= 0.6 is 0 Å². The van der Waals surface area contributed by atoms with Gasteiger partial charge in [0.1, 0.15) is 5.60 Å². The van der Waals surface area contributed by atoms with Crippen molar-refractivity contribution < 1.29 is 14.3 Å². The molecule has 0 heterocycles. The van der Waals surface area contributed by atoms with E-state index in [4.69, 9.17) is 4.74 Å². The molecule has 0 spiro atoms. The molecule has 0 aromatic heterocycles. The Balaban J connectivity index is 2.43. The molecule has 1 N–H and O–H groups in total. The van der Waals surface area contributed by atoms with Crippen LogP contribution in [0.4, 0.5) is 4.79 Å². The van der Waals surface area contributed by atoms with E-state index in [1.165, 1.54) is 0 Å². The highest BCUT2D eigenvalue weighted by Crippen LogP contribution is 2.08. The molecule has 0 saturated carbocycles. The number of alkyl carbamates (subject to hydrolysis) is 1. The molecule has 0 aliphatic heterocycles. The second-order valence-corrected chi connectivity index (χ2v) is 6.08. The summed E-state index contributed by atoms with van der Waals surface area (Å²) in [5.74, 6) is -0.0200. The van der Waals surface area contributed by atoms with Gasteiger partial charge in [-0.1, -0.05) is 12.1 Å². The van der Waals surface area contributed by atoms with E-state index in [1.807, 2.05) is 32.9 Å². The van der Waals surface area contributed by atoms with Gasteiger partial charge in [-0.15, -0.1) is 0 Å². The Morgan fingerprint density at radius 2 is 1.71 bits per heavy atom. The normalized spacial score (nSPS) is 10.9. The van der Waals surface area contributed by atoms with Crippen LogP contribution < -0.4 is 5.32 Å². The Morgan fingerprint density at radius 3 is 2.19 bits per heavy atom. The van der Waals surface area contributed by atoms with E-state index in [1.54, 1.807) is 31.1 Å². The SMILES string of the molecule is CN(C)C(=O)c1ccc(CCNC(=O)OC(C)(C)C)cc1. The van der Waals surface area contributed by atoms with Crippen LogP contribution in [0.5, 0.6) is 0 Å². The molecule has 5 nitrogen and oxygen atoms in total. The van der Waals surface area contributed by atoms with Crippen LogP contribution in [0.25, 0.3) is 0 Å². The minimum atomic E-state index is -0.488. The van der Waals surface area contributed by atoms with Crippen molar-refractivity contribution in [3.63, 3.8) is 0 Å². The average Bonchev–Trinajstić information content (AvgIpc) is 2.36. The number of rotatable bonds is 4. The van der Waals surface area contributed by atoms with Crippen LogP contribution in [0.1, 0.15) is 36.7 Å². The van der Waals surface area contributed by atoms with Gasteiger partial charge in [-0.05, 0) is 44.9 Å². The largest absolute Gasteiger partial charge is 0.444 e. The second-order valence-electron chi connectivity index (χ2n) is 6.08. The van der Waals surface area contributed by atoms with Crippen molar-refractivity contribution in [1.29, 1.82) is 0 Å². The molecule has 0 aliphatic carbocycles. The zero-order valence-corrected chi connectivity index (χ0v) is 13.4. The van der Waals surface area contributed by atoms with Gasteiger partial charge in [-0.3, -0.25) is 4.79 Å². The highest BCUT2D eigenvalue weighted by atomic mass is 16.6. The molecule has 0 bridgehead atoms. The van der Waals surface area contributed by atoms with Crippen molar-refractivity contribution in [3.05, 3.63) is 35.4 Å². The summed E-state index contributed by atoms with van der Waals surface area (Å²) in [6.45, 7) is 5.98. The molecule has 1 rings (SSSR count). The zero-order valence-electron chi connectivity index (χ0n) is 13.4. The predicted molar refractivity (Wildman–Crippen MR) is 82.4 cm³/mol. The minimum absolute atomic E-state index is 0.0200. The third-order valence-electron chi connectivity index (χ3n) is 2.69. The van der Waals surface area contributed by atoms with E-state index in [0.717, 1.165) is 5.56 Å². The van der Waals surface area contributed by atoms with Crippen LogP contribution in [-0.4, -0.2) is 43.1 Å². The third-order valence-corrected chi connectivity index (χ3v) is 2.69. The van der Waals surface area contributed by atoms with Crippen LogP contribution in [-0.2, 0) is 11.2 Å². The highest BCUT2D eigenvalue weighted by Gasteiger charge is 2.15. The highest BCUT2D eigenvalue weighted by molar-refractivity contribution is 5.93. The predicted octanol–water partition coefficient (Wildman–Crippen LogP) is 2.46. The Morgan fingerprint density at radius 1 is 1.14 bits per heavy atom. The van der Waals surface area contributed by atoms with Gasteiger partial charge in [0.2, 0.25) is 0 Å². The maximum atomic E-state index is 11.7. The molecule has 0 radical (unpaired) electrons. The van der Waals surface area contributed by atoms with Crippen LogP contribution in [0.15, 0.2) is 24.3 Å². The molecule has 5 heteroatoms. The summed E-state index contributed by atoms with van der Waals surface area (Å²) in [6, 6.07) is 7.39. The lowest BCUT2D eigenvalue weighted by molar-refractivity contribution is 0.0528. The third kappa shape index (κ3) is 6.29. The molecule has 2 amide bonds. The van der Waals surface area contributed by atoms with E-state index in [0.29, 0.717) is 18.5 Å². The summed E-state index contributed by atoms with van der Waals surface area (Å²) in [7, 11) is 3.45. The number of carbonyl (C=O) groups is 2. The summed E-state index contributed by atoms with van der Waals surface area (Å²) in [5, 5.41) is 2.71. The maximum Gasteiger partial charge on any atom is 0.407 e. The number of nitrogens with one attached hydrogen (secondary N) is 1. The molecular formula is C16H24N2O3. The Labute approximate surface area is 126 Å². The zero-order chi connectivity index (χ0) is 16.0. The summed E-state index contributed by atoms with van der Waals surface area (Å²) in [5.41, 5.74) is 1.23. The second kappa shape index (κ2) is 7.11. The number of benzene rings is 1. The number of ether oxygens (including phenoxy) is 1. The van der Waals surface area contributed by atoms with E-state index in [-0.39, 0.29) is 5.91 Å². The van der Waals surface area contributed by atoms with Crippen molar-refractivity contribution in [3.8, 4) is 0 Å². The van der Waals surface area contributed by atoms with Crippen LogP contribution in [0.2, 0.25) is 0 Å². The first-order valence-electron chi connectivity index (χ1n) is 6.96. The fourth-order valence-electron chi connectivity index (χ4n) is 1.70. The average molecular weight is 292 g/mol. The van der Waals surface area contributed by atoms with Crippen molar-refractivity contribution in [2.24, 2.45) is 0 Å². The monoisotopic (exact) mass is 292 g/mol. The summed E-state index contributed by atoms with van der Waals surface area (Å²) >= 11 is 0. The molecule has 21 heavy (non-hydrogen) atoms. The molecule has 0 saturated heterocycles. The molecule has 0 unspecified atom stereocenters. The van der Waals surface area contributed by atoms with E-state index in [2.05, 4.69) is 5.32 Å². The topological polar surface area (TPSA) is 58.6 Å². The van der Waals surface area contributed by atoms with E-state index >= 15 is 0 Å². The van der Waals surface area contributed by atoms with Gasteiger partial charge in [-0.2, -0.15) is 0 Å². The number of nitrogens with zero attached hydrogens (tertiary/aromatic N) is 1. The number of hydrogen-bond donors (Lipinski definition) is 1. The Bertz CT molecular complexity index is 487. The lowest BCUT2D eigenvalue weighted by Crippen LogP contribution is -2.33. The molecule has 0 fully saturated rings. The molecule has 1 aromatic carbocycles. The van der Waals surface area contributed by atoms with Crippen LogP contribution in [0, 0.1) is 0 Å². The molecular weight excluding hydrogens is 268 g/mol. The molecule has 0 aliphatic rings. The van der Waals surface area contributed by atoms with Gasteiger partial charge in [0.05, 0.1) is 0 Å².